The summed E-state index contributed by atoms with van der Waals surface area (Å²) in [6, 6.07) is 4.66. The van der Waals surface area contributed by atoms with Gasteiger partial charge in [0.2, 0.25) is 0 Å². The molecule has 1 aliphatic rings. The Morgan fingerprint density at radius 1 is 1.38 bits per heavy atom. The van der Waals surface area contributed by atoms with Crippen molar-refractivity contribution in [3.63, 3.8) is 0 Å². The van der Waals surface area contributed by atoms with Crippen LogP contribution in [-0.2, 0) is 0 Å². The van der Waals surface area contributed by atoms with Crippen LogP contribution in [0.2, 0.25) is 0 Å². The number of piperidine rings is 1. The van der Waals surface area contributed by atoms with Gasteiger partial charge in [-0.05, 0) is 25.0 Å². The number of hydrogen-bond donors (Lipinski definition) is 1. The molecule has 1 aliphatic heterocycles. The van der Waals surface area contributed by atoms with Gasteiger partial charge in [-0.15, -0.1) is 0 Å². The van der Waals surface area contributed by atoms with E-state index in [1.54, 1.807) is 20.2 Å². The van der Waals surface area contributed by atoms with Gasteiger partial charge in [0, 0.05) is 44.9 Å². The van der Waals surface area contributed by atoms with Crippen molar-refractivity contribution in [2.24, 2.45) is 5.73 Å². The SMILES string of the molecule is CN(C)C(=O)c1ccc([N+](=O)[O-])c(N2CCC(N)CC2)c1. The molecule has 0 radical (unpaired) electrons. The molecule has 1 heterocycles. The molecule has 1 aromatic rings. The van der Waals surface area contributed by atoms with Crippen molar-refractivity contribution in [3.05, 3.63) is 33.9 Å². The van der Waals surface area contributed by atoms with E-state index in [4.69, 9.17) is 5.73 Å². The van der Waals surface area contributed by atoms with Crippen LogP contribution in [0.1, 0.15) is 23.2 Å². The summed E-state index contributed by atoms with van der Waals surface area (Å²) in [6.07, 6.45) is 1.59. The molecule has 2 rings (SSSR count). The number of amides is 1. The van der Waals surface area contributed by atoms with Gasteiger partial charge in [0.05, 0.1) is 4.92 Å². The molecule has 0 saturated carbocycles. The van der Waals surface area contributed by atoms with Crippen LogP contribution in [0, 0.1) is 10.1 Å². The predicted molar refractivity (Wildman–Crippen MR) is 80.5 cm³/mol. The maximum absolute atomic E-state index is 12.0. The van der Waals surface area contributed by atoms with Crippen molar-refractivity contribution in [1.29, 1.82) is 0 Å². The average molecular weight is 292 g/mol. The number of nitro benzene ring substituents is 1. The lowest BCUT2D eigenvalue weighted by molar-refractivity contribution is -0.384. The Labute approximate surface area is 123 Å². The minimum atomic E-state index is -0.409. The zero-order chi connectivity index (χ0) is 15.6. The molecule has 0 aliphatic carbocycles. The lowest BCUT2D eigenvalue weighted by atomic mass is 10.0. The van der Waals surface area contributed by atoms with E-state index < -0.39 is 4.92 Å². The fraction of sp³-hybridized carbons (Fsp3) is 0.500. The number of benzene rings is 1. The Bertz CT molecular complexity index is 551. The van der Waals surface area contributed by atoms with Gasteiger partial charge in [0.1, 0.15) is 5.69 Å². The average Bonchev–Trinajstić information content (AvgIpc) is 2.46. The molecule has 0 unspecified atom stereocenters. The molecule has 7 nitrogen and oxygen atoms in total. The molecule has 1 aromatic carbocycles. The van der Waals surface area contributed by atoms with Gasteiger partial charge in [-0.1, -0.05) is 0 Å². The summed E-state index contributed by atoms with van der Waals surface area (Å²) in [5.74, 6) is -0.167. The van der Waals surface area contributed by atoms with Gasteiger partial charge < -0.3 is 15.5 Å². The summed E-state index contributed by atoms with van der Waals surface area (Å²) in [5, 5.41) is 11.2. The largest absolute Gasteiger partial charge is 0.366 e. The smallest absolute Gasteiger partial charge is 0.292 e. The number of nitrogens with two attached hydrogens (primary N) is 1. The zero-order valence-corrected chi connectivity index (χ0v) is 12.3. The molecule has 0 bridgehead atoms. The molecule has 0 spiro atoms. The van der Waals surface area contributed by atoms with E-state index in [0.717, 1.165) is 12.8 Å². The van der Waals surface area contributed by atoms with Crippen LogP contribution in [-0.4, -0.2) is 49.0 Å². The summed E-state index contributed by atoms with van der Waals surface area (Å²) >= 11 is 0. The first-order valence-corrected chi connectivity index (χ1v) is 6.90. The summed E-state index contributed by atoms with van der Waals surface area (Å²) in [6.45, 7) is 1.34. The molecule has 2 N–H and O–H groups in total. The lowest BCUT2D eigenvalue weighted by Gasteiger charge is -2.31. The number of rotatable bonds is 3. The van der Waals surface area contributed by atoms with Crippen LogP contribution in [0.4, 0.5) is 11.4 Å². The highest BCUT2D eigenvalue weighted by Crippen LogP contribution is 2.31. The van der Waals surface area contributed by atoms with Gasteiger partial charge in [-0.3, -0.25) is 14.9 Å². The van der Waals surface area contributed by atoms with Gasteiger partial charge >= 0.3 is 0 Å². The Morgan fingerprint density at radius 3 is 2.52 bits per heavy atom. The maximum Gasteiger partial charge on any atom is 0.292 e. The monoisotopic (exact) mass is 292 g/mol. The molecule has 21 heavy (non-hydrogen) atoms. The predicted octanol–water partition coefficient (Wildman–Crippen LogP) is 1.22. The Kier molecular flexibility index (Phi) is 4.42. The van der Waals surface area contributed by atoms with Crippen LogP contribution < -0.4 is 10.6 Å². The van der Waals surface area contributed by atoms with E-state index in [-0.39, 0.29) is 17.6 Å². The minimum absolute atomic E-state index is 0.0285. The topological polar surface area (TPSA) is 92.7 Å². The Morgan fingerprint density at radius 2 is 2.00 bits per heavy atom. The summed E-state index contributed by atoms with van der Waals surface area (Å²) in [4.78, 5) is 26.2. The number of anilines is 1. The fourth-order valence-corrected chi connectivity index (χ4v) is 2.46. The second-order valence-corrected chi connectivity index (χ2v) is 5.48. The van der Waals surface area contributed by atoms with E-state index in [1.807, 2.05) is 4.90 Å². The zero-order valence-electron chi connectivity index (χ0n) is 12.3. The molecule has 0 atom stereocenters. The third kappa shape index (κ3) is 3.30. The van der Waals surface area contributed by atoms with Crippen molar-refractivity contribution in [1.82, 2.24) is 4.90 Å². The molecular formula is C14H20N4O3. The molecule has 0 aromatic heterocycles. The standard InChI is InChI=1S/C14H20N4O3/c1-16(2)14(19)10-3-4-12(18(20)21)13(9-10)17-7-5-11(15)6-8-17/h3-4,9,11H,5-8,15H2,1-2H3. The second kappa shape index (κ2) is 6.09. The van der Waals surface area contributed by atoms with E-state index in [0.29, 0.717) is 24.3 Å². The molecule has 1 saturated heterocycles. The summed E-state index contributed by atoms with van der Waals surface area (Å²) in [7, 11) is 3.31. The first-order chi connectivity index (χ1) is 9.90. The molecule has 7 heteroatoms. The first kappa shape index (κ1) is 15.2. The van der Waals surface area contributed by atoms with Crippen LogP contribution in [0.15, 0.2) is 18.2 Å². The second-order valence-electron chi connectivity index (χ2n) is 5.48. The third-order valence-corrected chi connectivity index (χ3v) is 3.71. The Hall–Kier alpha value is -2.15. The number of carbonyl (C=O) groups excluding carboxylic acids is 1. The van der Waals surface area contributed by atoms with Crippen molar-refractivity contribution < 1.29 is 9.72 Å². The highest BCUT2D eigenvalue weighted by Gasteiger charge is 2.25. The van der Waals surface area contributed by atoms with Crippen molar-refractivity contribution in [3.8, 4) is 0 Å². The molecular weight excluding hydrogens is 272 g/mol. The van der Waals surface area contributed by atoms with Crippen molar-refractivity contribution in [2.75, 3.05) is 32.1 Å². The van der Waals surface area contributed by atoms with Gasteiger partial charge in [-0.2, -0.15) is 0 Å². The molecule has 1 fully saturated rings. The van der Waals surface area contributed by atoms with Crippen molar-refractivity contribution >= 4 is 17.3 Å². The number of carbonyl (C=O) groups is 1. The van der Waals surface area contributed by atoms with Crippen LogP contribution in [0.25, 0.3) is 0 Å². The maximum atomic E-state index is 12.0. The lowest BCUT2D eigenvalue weighted by Crippen LogP contribution is -2.40. The van der Waals surface area contributed by atoms with Crippen molar-refractivity contribution in [2.45, 2.75) is 18.9 Å². The number of nitrogens with zero attached hydrogens (tertiary/aromatic N) is 3. The van der Waals surface area contributed by atoms with Crippen LogP contribution in [0.3, 0.4) is 0 Å². The van der Waals surface area contributed by atoms with Gasteiger partial charge in [-0.25, -0.2) is 0 Å². The molecule has 114 valence electrons. The number of nitro groups is 1. The summed E-state index contributed by atoms with van der Waals surface area (Å²) < 4.78 is 0. The fourth-order valence-electron chi connectivity index (χ4n) is 2.46. The highest BCUT2D eigenvalue weighted by molar-refractivity contribution is 5.95. The first-order valence-electron chi connectivity index (χ1n) is 6.90. The van der Waals surface area contributed by atoms with E-state index in [2.05, 4.69) is 0 Å². The normalized spacial score (nSPS) is 15.9. The van der Waals surface area contributed by atoms with Gasteiger partial charge in [0.15, 0.2) is 0 Å². The van der Waals surface area contributed by atoms with Crippen LogP contribution >= 0.6 is 0 Å². The van der Waals surface area contributed by atoms with E-state index in [1.165, 1.54) is 17.0 Å². The van der Waals surface area contributed by atoms with E-state index >= 15 is 0 Å². The van der Waals surface area contributed by atoms with E-state index in [9.17, 15) is 14.9 Å². The van der Waals surface area contributed by atoms with Crippen LogP contribution in [0.5, 0.6) is 0 Å². The minimum Gasteiger partial charge on any atom is -0.366 e. The highest BCUT2D eigenvalue weighted by atomic mass is 16.6. The number of hydrogen-bond acceptors (Lipinski definition) is 5. The van der Waals surface area contributed by atoms with Gasteiger partial charge in [0.25, 0.3) is 11.6 Å². The Balaban J connectivity index is 2.38. The summed E-state index contributed by atoms with van der Waals surface area (Å²) in [5.41, 5.74) is 6.85. The quantitative estimate of drug-likeness (QED) is 0.668. The molecule has 1 amide bonds. The third-order valence-electron chi connectivity index (χ3n) is 3.71.